The molecule has 11 nitrogen and oxygen atoms in total. The zero-order valence-electron chi connectivity index (χ0n) is 18.9. The summed E-state index contributed by atoms with van der Waals surface area (Å²) in [4.78, 5) is 31.3. The number of nitrogens with one attached hydrogen (secondary N) is 2. The van der Waals surface area contributed by atoms with Gasteiger partial charge in [-0.25, -0.2) is 10.2 Å². The molecule has 0 saturated heterocycles. The van der Waals surface area contributed by atoms with Gasteiger partial charge in [0.05, 0.1) is 19.9 Å². The molecule has 0 amide bonds. The molecule has 0 radical (unpaired) electrons. The van der Waals surface area contributed by atoms with Crippen LogP contribution in [0.3, 0.4) is 0 Å². The Morgan fingerprint density at radius 3 is 2.54 bits per heavy atom. The van der Waals surface area contributed by atoms with E-state index in [4.69, 9.17) is 21.1 Å². The minimum atomic E-state index is -1.01. The number of hydrogen-bond acceptors (Lipinski definition) is 8. The lowest BCUT2D eigenvalue weighted by Crippen LogP contribution is -2.30. The highest BCUT2D eigenvalue weighted by molar-refractivity contribution is 6.30. The zero-order chi connectivity index (χ0) is 24.9. The average molecular weight is 499 g/mol. The molecule has 4 rings (SSSR count). The first-order chi connectivity index (χ1) is 16.9. The van der Waals surface area contributed by atoms with Crippen LogP contribution in [0.15, 0.2) is 63.2 Å². The fourth-order valence-electron chi connectivity index (χ4n) is 3.34. The molecule has 0 saturated carbocycles. The number of aliphatic hydroxyl groups is 1. The lowest BCUT2D eigenvalue weighted by atomic mass is 10.2. The second-order valence-electron chi connectivity index (χ2n) is 7.60. The van der Waals surface area contributed by atoms with E-state index >= 15 is 0 Å². The average Bonchev–Trinajstić information content (AvgIpc) is 3.21. The summed E-state index contributed by atoms with van der Waals surface area (Å²) in [5, 5.41) is 15.4. The van der Waals surface area contributed by atoms with Crippen LogP contribution in [0.2, 0.25) is 5.02 Å². The maximum atomic E-state index is 12.6. The molecule has 0 fully saturated rings. The number of aryl methyl sites for hydroxylation is 1. The highest BCUT2D eigenvalue weighted by atomic mass is 35.5. The molecular weight excluding hydrogens is 476 g/mol. The third-order valence-electron chi connectivity index (χ3n) is 5.15. The number of rotatable bonds is 9. The fraction of sp³-hybridized carbons (Fsp3) is 0.217. The van der Waals surface area contributed by atoms with Crippen LogP contribution in [-0.2, 0) is 13.6 Å². The van der Waals surface area contributed by atoms with Crippen molar-refractivity contribution in [2.24, 2.45) is 12.1 Å². The summed E-state index contributed by atoms with van der Waals surface area (Å²) in [6, 6.07) is 13.9. The Bertz CT molecular complexity index is 1460. The number of H-pyrrole nitrogens is 1. The zero-order valence-corrected chi connectivity index (χ0v) is 19.7. The highest BCUT2D eigenvalue weighted by Gasteiger charge is 2.20. The van der Waals surface area contributed by atoms with Crippen molar-refractivity contribution in [3.63, 3.8) is 0 Å². The molecule has 35 heavy (non-hydrogen) atoms. The number of ether oxygens (including phenoxy) is 2. The van der Waals surface area contributed by atoms with Crippen LogP contribution in [0.5, 0.6) is 11.5 Å². The molecule has 2 aromatic heterocycles. The van der Waals surface area contributed by atoms with E-state index in [0.717, 1.165) is 5.56 Å². The standard InChI is InChI=1S/C23H23ClN6O5/c1-29-20-19(21(32)27-23(29)33)30(12-16(31)13-35-18-9-7-17(34-2)8-10-18)22(26-20)28-25-11-14-3-5-15(24)6-4-14/h3-11,16,31H,12-13H2,1-2H3,(H,26,28)(H,27,32,33)/b25-11-/t16-/m1/s1. The summed E-state index contributed by atoms with van der Waals surface area (Å²) in [6.45, 7) is -0.101. The molecule has 0 aliphatic carbocycles. The minimum Gasteiger partial charge on any atom is -0.497 e. The van der Waals surface area contributed by atoms with E-state index in [1.54, 1.807) is 61.9 Å². The van der Waals surface area contributed by atoms with Crippen molar-refractivity contribution in [3.8, 4) is 11.5 Å². The van der Waals surface area contributed by atoms with E-state index in [9.17, 15) is 14.7 Å². The molecule has 0 aliphatic heterocycles. The normalized spacial score (nSPS) is 12.2. The number of benzene rings is 2. The Kier molecular flexibility index (Phi) is 7.18. The molecule has 3 N–H and O–H groups in total. The Morgan fingerprint density at radius 1 is 1.17 bits per heavy atom. The van der Waals surface area contributed by atoms with Crippen LogP contribution in [0.4, 0.5) is 5.95 Å². The van der Waals surface area contributed by atoms with Gasteiger partial charge in [0.2, 0.25) is 5.95 Å². The second kappa shape index (κ2) is 10.5. The largest absolute Gasteiger partial charge is 0.497 e. The molecule has 182 valence electrons. The number of aliphatic hydroxyl groups excluding tert-OH is 1. The fourth-order valence-corrected chi connectivity index (χ4v) is 3.46. The van der Waals surface area contributed by atoms with Crippen LogP contribution in [0.25, 0.3) is 11.2 Å². The first kappa shape index (κ1) is 24.0. The van der Waals surface area contributed by atoms with E-state index in [1.165, 1.54) is 16.2 Å². The van der Waals surface area contributed by atoms with Crippen molar-refractivity contribution in [3.05, 3.63) is 80.0 Å². The molecule has 0 spiro atoms. The summed E-state index contributed by atoms with van der Waals surface area (Å²) in [7, 11) is 3.06. The van der Waals surface area contributed by atoms with Crippen molar-refractivity contribution in [2.75, 3.05) is 19.1 Å². The number of aromatic nitrogens is 4. The second-order valence-corrected chi connectivity index (χ2v) is 8.03. The predicted molar refractivity (Wildman–Crippen MR) is 133 cm³/mol. The number of hydrogen-bond donors (Lipinski definition) is 3. The van der Waals surface area contributed by atoms with Crippen molar-refractivity contribution in [1.82, 2.24) is 19.1 Å². The number of nitrogens with zero attached hydrogens (tertiary/aromatic N) is 4. The minimum absolute atomic E-state index is 0.0489. The number of halogens is 1. The van der Waals surface area contributed by atoms with E-state index in [-0.39, 0.29) is 30.3 Å². The molecule has 4 aromatic rings. The summed E-state index contributed by atoms with van der Waals surface area (Å²) in [6.07, 6.45) is 0.541. The molecule has 0 aliphatic rings. The number of imidazole rings is 1. The van der Waals surface area contributed by atoms with Crippen molar-refractivity contribution in [2.45, 2.75) is 12.6 Å². The van der Waals surface area contributed by atoms with Gasteiger partial charge in [0.15, 0.2) is 11.2 Å². The van der Waals surface area contributed by atoms with Crippen LogP contribution in [-0.4, -0.2) is 50.2 Å². The van der Waals surface area contributed by atoms with Gasteiger partial charge in [-0.05, 0) is 42.0 Å². The maximum Gasteiger partial charge on any atom is 0.329 e. The quantitative estimate of drug-likeness (QED) is 0.237. The number of fused-ring (bicyclic) bond motifs is 1. The van der Waals surface area contributed by atoms with Gasteiger partial charge < -0.3 is 19.1 Å². The summed E-state index contributed by atoms with van der Waals surface area (Å²) in [5.41, 5.74) is 2.59. The highest BCUT2D eigenvalue weighted by Crippen LogP contribution is 2.19. The molecule has 0 bridgehead atoms. The SMILES string of the molecule is COc1ccc(OC[C@H](O)Cn2c(N/N=C\c3ccc(Cl)cc3)nc3c2c(=O)[nH]c(=O)n3C)cc1. The van der Waals surface area contributed by atoms with Crippen LogP contribution in [0.1, 0.15) is 5.56 Å². The Hall–Kier alpha value is -4.09. The Labute approximate surface area is 204 Å². The third-order valence-corrected chi connectivity index (χ3v) is 5.40. The van der Waals surface area contributed by atoms with E-state index in [1.807, 2.05) is 0 Å². The lowest BCUT2D eigenvalue weighted by molar-refractivity contribution is 0.0938. The smallest absolute Gasteiger partial charge is 0.329 e. The van der Waals surface area contributed by atoms with Gasteiger partial charge in [0.1, 0.15) is 24.2 Å². The first-order valence-electron chi connectivity index (χ1n) is 10.5. The van der Waals surface area contributed by atoms with Gasteiger partial charge >= 0.3 is 5.69 Å². The lowest BCUT2D eigenvalue weighted by Gasteiger charge is -2.15. The van der Waals surface area contributed by atoms with Crippen molar-refractivity contribution < 1.29 is 14.6 Å². The van der Waals surface area contributed by atoms with Gasteiger partial charge in [-0.1, -0.05) is 23.7 Å². The van der Waals surface area contributed by atoms with Gasteiger partial charge in [0.25, 0.3) is 5.56 Å². The van der Waals surface area contributed by atoms with Crippen LogP contribution in [0, 0.1) is 0 Å². The molecule has 12 heteroatoms. The monoisotopic (exact) mass is 498 g/mol. The molecule has 0 unspecified atom stereocenters. The van der Waals surface area contributed by atoms with Gasteiger partial charge in [-0.3, -0.25) is 14.3 Å². The maximum absolute atomic E-state index is 12.6. The molecule has 2 heterocycles. The Balaban J connectivity index is 1.58. The Morgan fingerprint density at radius 2 is 1.86 bits per heavy atom. The van der Waals surface area contributed by atoms with Crippen LogP contribution < -0.4 is 26.1 Å². The topological polar surface area (TPSA) is 136 Å². The summed E-state index contributed by atoms with van der Waals surface area (Å²) >= 11 is 5.90. The van der Waals surface area contributed by atoms with E-state index in [0.29, 0.717) is 16.5 Å². The van der Waals surface area contributed by atoms with E-state index < -0.39 is 17.4 Å². The molecular formula is C23H23ClN6O5. The summed E-state index contributed by atoms with van der Waals surface area (Å²) in [5.74, 6) is 1.40. The number of aromatic amines is 1. The van der Waals surface area contributed by atoms with Gasteiger partial charge in [-0.2, -0.15) is 10.1 Å². The third kappa shape index (κ3) is 5.53. The number of methoxy groups -OCH3 is 1. The predicted octanol–water partition coefficient (Wildman–Crippen LogP) is 1.97. The van der Waals surface area contributed by atoms with E-state index in [2.05, 4.69) is 20.5 Å². The van der Waals surface area contributed by atoms with Gasteiger partial charge in [0, 0.05) is 12.1 Å². The summed E-state index contributed by atoms with van der Waals surface area (Å²) < 4.78 is 13.4. The first-order valence-corrected chi connectivity index (χ1v) is 10.9. The number of hydrazone groups is 1. The molecule has 2 aromatic carbocycles. The van der Waals surface area contributed by atoms with Gasteiger partial charge in [-0.15, -0.1) is 0 Å². The van der Waals surface area contributed by atoms with Crippen molar-refractivity contribution >= 4 is 34.9 Å². The van der Waals surface area contributed by atoms with Crippen molar-refractivity contribution in [1.29, 1.82) is 0 Å². The number of anilines is 1. The van der Waals surface area contributed by atoms with Crippen LogP contribution >= 0.6 is 11.6 Å². The molecule has 1 atom stereocenters.